The van der Waals surface area contributed by atoms with Gasteiger partial charge in [0, 0.05) is 25.8 Å². The Balaban J connectivity index is 1.44. The highest BCUT2D eigenvalue weighted by molar-refractivity contribution is 5.79. The predicted molar refractivity (Wildman–Crippen MR) is 99.8 cm³/mol. The summed E-state index contributed by atoms with van der Waals surface area (Å²) < 4.78 is 16.5. The molecular formula is C21H28N2O4. The molecule has 0 aromatic carbocycles. The molecule has 2 aromatic heterocycles. The van der Waals surface area contributed by atoms with Crippen LogP contribution >= 0.6 is 0 Å². The molecule has 2 saturated heterocycles. The number of nitrogens with zero attached hydrogens (tertiary/aromatic N) is 2. The van der Waals surface area contributed by atoms with Crippen LogP contribution in [0.25, 0.3) is 0 Å². The topological polar surface area (TPSA) is 59.1 Å². The van der Waals surface area contributed by atoms with Gasteiger partial charge in [0.15, 0.2) is 0 Å². The van der Waals surface area contributed by atoms with E-state index in [2.05, 4.69) is 4.90 Å². The van der Waals surface area contributed by atoms with Crippen LogP contribution in [0, 0.1) is 5.92 Å². The number of furan rings is 2. The Morgan fingerprint density at radius 2 is 1.70 bits per heavy atom. The number of carbonyl (C=O) groups excluding carboxylic acids is 1. The third-order valence-corrected chi connectivity index (χ3v) is 5.67. The van der Waals surface area contributed by atoms with E-state index in [4.69, 9.17) is 13.6 Å². The first-order chi connectivity index (χ1) is 13.3. The van der Waals surface area contributed by atoms with Crippen molar-refractivity contribution >= 4 is 5.91 Å². The van der Waals surface area contributed by atoms with Crippen molar-refractivity contribution in [1.29, 1.82) is 0 Å². The van der Waals surface area contributed by atoms with Gasteiger partial charge < -0.3 is 18.5 Å². The van der Waals surface area contributed by atoms with Gasteiger partial charge in [-0.25, -0.2) is 0 Å². The van der Waals surface area contributed by atoms with E-state index in [1.54, 1.807) is 12.5 Å². The molecule has 0 spiro atoms. The van der Waals surface area contributed by atoms with Crippen LogP contribution in [-0.2, 0) is 22.6 Å². The van der Waals surface area contributed by atoms with Gasteiger partial charge in [0.05, 0.1) is 31.5 Å². The van der Waals surface area contributed by atoms with Crippen molar-refractivity contribution in [2.75, 3.05) is 26.3 Å². The molecule has 1 amide bonds. The number of carbonyl (C=O) groups is 1. The number of amides is 1. The van der Waals surface area contributed by atoms with Crippen LogP contribution in [0.15, 0.2) is 45.6 Å². The molecule has 6 heteroatoms. The van der Waals surface area contributed by atoms with Gasteiger partial charge in [-0.2, -0.15) is 0 Å². The van der Waals surface area contributed by atoms with Gasteiger partial charge in [0.2, 0.25) is 5.91 Å². The maximum Gasteiger partial charge on any atom is 0.227 e. The molecule has 2 aromatic rings. The van der Waals surface area contributed by atoms with Gasteiger partial charge in [-0.05, 0) is 56.5 Å². The van der Waals surface area contributed by atoms with Crippen LogP contribution in [-0.4, -0.2) is 48.1 Å². The fourth-order valence-corrected chi connectivity index (χ4v) is 4.24. The standard InChI is InChI=1S/C21H28N2O4/c24-21(17-4-1-9-22(14-17)18-7-12-25-13-8-18)23(15-19-5-2-10-26-19)16-20-6-3-11-27-20/h2-3,5-6,10-11,17-18H,1,4,7-9,12-16H2/t17-/m1/s1. The molecule has 0 unspecified atom stereocenters. The monoisotopic (exact) mass is 372 g/mol. The average Bonchev–Trinajstić information content (AvgIpc) is 3.42. The Morgan fingerprint density at radius 3 is 2.30 bits per heavy atom. The van der Waals surface area contributed by atoms with Crippen molar-refractivity contribution in [2.45, 2.75) is 44.8 Å². The minimum atomic E-state index is 0.0338. The third-order valence-electron chi connectivity index (χ3n) is 5.67. The summed E-state index contributed by atoms with van der Waals surface area (Å²) in [6.45, 7) is 4.55. The summed E-state index contributed by atoms with van der Waals surface area (Å²) in [5, 5.41) is 0. The Morgan fingerprint density at radius 1 is 1.04 bits per heavy atom. The zero-order valence-corrected chi connectivity index (χ0v) is 15.7. The second-order valence-corrected chi connectivity index (χ2v) is 7.53. The highest BCUT2D eigenvalue weighted by Gasteiger charge is 2.33. The van der Waals surface area contributed by atoms with E-state index in [1.807, 2.05) is 29.2 Å². The molecule has 4 heterocycles. The van der Waals surface area contributed by atoms with E-state index in [1.165, 1.54) is 0 Å². The van der Waals surface area contributed by atoms with Crippen molar-refractivity contribution in [3.8, 4) is 0 Å². The molecule has 0 N–H and O–H groups in total. The lowest BCUT2D eigenvalue weighted by molar-refractivity contribution is -0.139. The Kier molecular flexibility index (Phi) is 5.94. The summed E-state index contributed by atoms with van der Waals surface area (Å²) in [5.41, 5.74) is 0. The van der Waals surface area contributed by atoms with E-state index >= 15 is 0 Å². The minimum Gasteiger partial charge on any atom is -0.467 e. The fourth-order valence-electron chi connectivity index (χ4n) is 4.24. The summed E-state index contributed by atoms with van der Waals surface area (Å²) in [7, 11) is 0. The summed E-state index contributed by atoms with van der Waals surface area (Å²) in [4.78, 5) is 17.7. The van der Waals surface area contributed by atoms with Crippen LogP contribution in [0.4, 0.5) is 0 Å². The van der Waals surface area contributed by atoms with Crippen molar-refractivity contribution in [2.24, 2.45) is 5.92 Å². The molecule has 2 aliphatic heterocycles. The molecule has 4 rings (SSSR count). The second-order valence-electron chi connectivity index (χ2n) is 7.53. The lowest BCUT2D eigenvalue weighted by Crippen LogP contribution is -2.49. The smallest absolute Gasteiger partial charge is 0.227 e. The van der Waals surface area contributed by atoms with E-state index in [0.717, 1.165) is 63.5 Å². The van der Waals surface area contributed by atoms with Gasteiger partial charge in [-0.1, -0.05) is 0 Å². The zero-order chi connectivity index (χ0) is 18.5. The van der Waals surface area contributed by atoms with E-state index in [0.29, 0.717) is 19.1 Å². The molecule has 27 heavy (non-hydrogen) atoms. The summed E-state index contributed by atoms with van der Waals surface area (Å²) in [6, 6.07) is 8.10. The van der Waals surface area contributed by atoms with Crippen LogP contribution in [0.5, 0.6) is 0 Å². The molecule has 0 saturated carbocycles. The van der Waals surface area contributed by atoms with Gasteiger partial charge >= 0.3 is 0 Å². The Hall–Kier alpha value is -2.05. The van der Waals surface area contributed by atoms with Gasteiger partial charge in [0.1, 0.15) is 11.5 Å². The third kappa shape index (κ3) is 4.62. The van der Waals surface area contributed by atoms with E-state index in [9.17, 15) is 4.79 Å². The number of likely N-dealkylation sites (tertiary alicyclic amines) is 1. The average molecular weight is 372 g/mol. The lowest BCUT2D eigenvalue weighted by Gasteiger charge is -2.40. The SMILES string of the molecule is O=C([C@@H]1CCCN(C2CCOCC2)C1)N(Cc1ccco1)Cc1ccco1. The summed E-state index contributed by atoms with van der Waals surface area (Å²) >= 11 is 0. The normalized spacial score (nSPS) is 22.0. The van der Waals surface area contributed by atoms with Crippen LogP contribution < -0.4 is 0 Å². The van der Waals surface area contributed by atoms with Crippen molar-refractivity contribution < 1.29 is 18.4 Å². The maximum absolute atomic E-state index is 13.4. The van der Waals surface area contributed by atoms with Crippen molar-refractivity contribution in [3.63, 3.8) is 0 Å². The predicted octanol–water partition coefficient (Wildman–Crippen LogP) is 3.29. The molecule has 6 nitrogen and oxygen atoms in total. The zero-order valence-electron chi connectivity index (χ0n) is 15.7. The molecule has 1 atom stereocenters. The van der Waals surface area contributed by atoms with E-state index < -0.39 is 0 Å². The lowest BCUT2D eigenvalue weighted by atomic mass is 9.93. The van der Waals surface area contributed by atoms with Gasteiger partial charge in [-0.15, -0.1) is 0 Å². The largest absolute Gasteiger partial charge is 0.467 e. The molecular weight excluding hydrogens is 344 g/mol. The molecule has 146 valence electrons. The molecule has 0 radical (unpaired) electrons. The summed E-state index contributed by atoms with van der Waals surface area (Å²) in [6.07, 6.45) is 7.47. The quantitative estimate of drug-likeness (QED) is 0.779. The highest BCUT2D eigenvalue weighted by atomic mass is 16.5. The van der Waals surface area contributed by atoms with Crippen LogP contribution in [0.1, 0.15) is 37.2 Å². The minimum absolute atomic E-state index is 0.0338. The van der Waals surface area contributed by atoms with Gasteiger partial charge in [0.25, 0.3) is 0 Å². The molecule has 0 aliphatic carbocycles. The number of hydrogen-bond donors (Lipinski definition) is 0. The van der Waals surface area contributed by atoms with Gasteiger partial charge in [-0.3, -0.25) is 9.69 Å². The highest BCUT2D eigenvalue weighted by Crippen LogP contribution is 2.26. The second kappa shape index (κ2) is 8.76. The maximum atomic E-state index is 13.4. The Bertz CT molecular complexity index is 656. The number of ether oxygens (including phenoxy) is 1. The molecule has 2 fully saturated rings. The fraction of sp³-hybridized carbons (Fsp3) is 0.571. The van der Waals surface area contributed by atoms with Crippen LogP contribution in [0.2, 0.25) is 0 Å². The van der Waals surface area contributed by atoms with E-state index in [-0.39, 0.29) is 11.8 Å². The first-order valence-corrected chi connectivity index (χ1v) is 9.95. The van der Waals surface area contributed by atoms with Crippen molar-refractivity contribution in [3.05, 3.63) is 48.3 Å². The summed E-state index contributed by atoms with van der Waals surface area (Å²) in [5.74, 6) is 1.82. The molecule has 0 bridgehead atoms. The number of piperidine rings is 1. The molecule has 2 aliphatic rings. The first kappa shape index (κ1) is 18.3. The first-order valence-electron chi connectivity index (χ1n) is 9.95. The number of hydrogen-bond acceptors (Lipinski definition) is 5. The van der Waals surface area contributed by atoms with Crippen molar-refractivity contribution in [1.82, 2.24) is 9.80 Å². The van der Waals surface area contributed by atoms with Crippen LogP contribution in [0.3, 0.4) is 0 Å². The number of rotatable bonds is 6. The Labute approximate surface area is 160 Å².